The van der Waals surface area contributed by atoms with E-state index in [0.29, 0.717) is 29.2 Å². The van der Waals surface area contributed by atoms with Crippen LogP contribution in [0.15, 0.2) is 83.6 Å². The van der Waals surface area contributed by atoms with Gasteiger partial charge in [-0.3, -0.25) is 5.32 Å². The summed E-state index contributed by atoms with van der Waals surface area (Å²) in [6.07, 6.45) is 3.82. The molecule has 2 aromatic carbocycles. The highest BCUT2D eigenvalue weighted by molar-refractivity contribution is 5.86. The van der Waals surface area contributed by atoms with Crippen LogP contribution in [0.25, 0.3) is 22.5 Å². The molecule has 4 aromatic rings. The summed E-state index contributed by atoms with van der Waals surface area (Å²) < 4.78 is 7.06. The predicted molar refractivity (Wildman–Crippen MR) is 110 cm³/mol. The number of nitrogens with zero attached hydrogens (tertiary/aromatic N) is 3. The molecule has 1 unspecified atom stereocenters. The number of nitriles is 1. The molecule has 0 radical (unpaired) electrons. The Balaban J connectivity index is 1.63. The van der Waals surface area contributed by atoms with Crippen molar-refractivity contribution in [2.24, 2.45) is 0 Å². The van der Waals surface area contributed by atoms with Crippen molar-refractivity contribution in [2.75, 3.05) is 5.32 Å². The van der Waals surface area contributed by atoms with Crippen molar-refractivity contribution >= 4 is 11.7 Å². The van der Waals surface area contributed by atoms with E-state index in [1.54, 1.807) is 29.2 Å². The van der Waals surface area contributed by atoms with Crippen molar-refractivity contribution in [3.05, 3.63) is 90.5 Å². The van der Waals surface area contributed by atoms with Gasteiger partial charge in [0.15, 0.2) is 5.69 Å². The van der Waals surface area contributed by atoms with Crippen LogP contribution in [0.5, 0.6) is 0 Å². The Bertz CT molecular complexity index is 1260. The summed E-state index contributed by atoms with van der Waals surface area (Å²) in [5.74, 6) is 1.32. The zero-order valence-corrected chi connectivity index (χ0v) is 15.9. The Kier molecular flexibility index (Phi) is 4.34. The van der Waals surface area contributed by atoms with Crippen LogP contribution in [0.2, 0.25) is 0 Å². The van der Waals surface area contributed by atoms with Gasteiger partial charge in [-0.25, -0.2) is 9.78 Å². The third kappa shape index (κ3) is 3.12. The molecular formula is C24H17N4O2+. The minimum absolute atomic E-state index is 0.0594. The number of hydrogen-bond acceptors (Lipinski definition) is 5. The first-order valence-corrected chi connectivity index (χ1v) is 9.59. The van der Waals surface area contributed by atoms with Gasteiger partial charge in [0.25, 0.3) is 0 Å². The zero-order valence-electron chi connectivity index (χ0n) is 15.9. The summed E-state index contributed by atoms with van der Waals surface area (Å²) >= 11 is 0. The second-order valence-corrected chi connectivity index (χ2v) is 7.07. The van der Waals surface area contributed by atoms with Crippen molar-refractivity contribution in [3.63, 3.8) is 0 Å². The van der Waals surface area contributed by atoms with E-state index in [9.17, 15) is 4.79 Å². The summed E-state index contributed by atoms with van der Waals surface area (Å²) in [6, 6.07) is 22.3. The molecule has 144 valence electrons. The maximum absolute atomic E-state index is 13.2. The first-order chi connectivity index (χ1) is 14.7. The molecule has 6 nitrogen and oxygen atoms in total. The average molecular weight is 393 g/mol. The quantitative estimate of drug-likeness (QED) is 0.533. The van der Waals surface area contributed by atoms with E-state index in [4.69, 9.17) is 14.7 Å². The number of carbonyl (C=O) groups is 1. The van der Waals surface area contributed by atoms with Crippen LogP contribution < -0.4 is 9.88 Å². The monoisotopic (exact) mass is 393 g/mol. The maximum atomic E-state index is 13.2. The molecule has 1 atom stereocenters. The largest absolute Gasteiger partial charge is 0.469 e. The van der Waals surface area contributed by atoms with Gasteiger partial charge in [-0.1, -0.05) is 42.5 Å². The Morgan fingerprint density at radius 2 is 1.83 bits per heavy atom. The van der Waals surface area contributed by atoms with Crippen LogP contribution in [0, 0.1) is 11.3 Å². The molecule has 1 N–H and O–H groups in total. The third-order valence-corrected chi connectivity index (χ3v) is 5.14. The Morgan fingerprint density at radius 1 is 1.03 bits per heavy atom. The molecule has 0 saturated heterocycles. The van der Waals surface area contributed by atoms with Crippen molar-refractivity contribution in [3.8, 4) is 28.6 Å². The van der Waals surface area contributed by atoms with Crippen LogP contribution in [0.3, 0.4) is 0 Å². The number of fused-ring (bicyclic) bond motifs is 1. The predicted octanol–water partition coefficient (Wildman–Crippen LogP) is 3.84. The molecule has 6 heteroatoms. The minimum atomic E-state index is -0.443. The fourth-order valence-electron chi connectivity index (χ4n) is 3.63. The number of anilines is 1. The normalized spacial score (nSPS) is 14.8. The van der Waals surface area contributed by atoms with E-state index >= 15 is 0 Å². The smallest absolute Gasteiger partial charge is 0.359 e. The van der Waals surface area contributed by atoms with E-state index in [0.717, 1.165) is 16.9 Å². The summed E-state index contributed by atoms with van der Waals surface area (Å²) in [5.41, 5.74) is 3.69. The first kappa shape index (κ1) is 17.8. The molecule has 1 aliphatic heterocycles. The molecule has 0 bridgehead atoms. The summed E-state index contributed by atoms with van der Waals surface area (Å²) in [6.45, 7) is 0. The lowest BCUT2D eigenvalue weighted by Gasteiger charge is -2.07. The molecule has 30 heavy (non-hydrogen) atoms. The van der Waals surface area contributed by atoms with Crippen LogP contribution >= 0.6 is 0 Å². The molecule has 0 aliphatic carbocycles. The van der Waals surface area contributed by atoms with Crippen molar-refractivity contribution < 1.29 is 13.8 Å². The summed E-state index contributed by atoms with van der Waals surface area (Å²) in [4.78, 5) is 18.0. The number of furan rings is 1. The average Bonchev–Trinajstić information content (AvgIpc) is 3.42. The molecule has 3 heterocycles. The fourth-order valence-corrected chi connectivity index (χ4v) is 3.63. The van der Waals surface area contributed by atoms with E-state index in [2.05, 4.69) is 11.4 Å². The van der Waals surface area contributed by atoms with Crippen LogP contribution in [0.4, 0.5) is 5.82 Å². The molecule has 0 spiro atoms. The van der Waals surface area contributed by atoms with Crippen molar-refractivity contribution in [1.29, 1.82) is 5.26 Å². The van der Waals surface area contributed by atoms with E-state index < -0.39 is 6.04 Å². The first-order valence-electron chi connectivity index (χ1n) is 9.59. The lowest BCUT2D eigenvalue weighted by atomic mass is 10.1. The topological polar surface area (TPSA) is 82.8 Å². The number of rotatable bonds is 4. The number of hydrogen-bond donors (Lipinski definition) is 1. The maximum Gasteiger partial charge on any atom is 0.359 e. The number of aromatic nitrogens is 2. The van der Waals surface area contributed by atoms with Gasteiger partial charge in [0.05, 0.1) is 24.3 Å². The van der Waals surface area contributed by atoms with Gasteiger partial charge in [-0.05, 0) is 24.3 Å². The van der Waals surface area contributed by atoms with E-state index in [1.165, 1.54) is 0 Å². The van der Waals surface area contributed by atoms with Crippen LogP contribution in [-0.4, -0.2) is 16.9 Å². The van der Waals surface area contributed by atoms with Gasteiger partial charge in [-0.2, -0.15) is 9.83 Å². The van der Waals surface area contributed by atoms with Crippen LogP contribution in [-0.2, 0) is 6.42 Å². The standard InChI is InChI=1S/C24H16N4O2/c25-14-16-8-10-18(11-9-16)22-23-27-20(13-19-7-4-12-30-19)24(29)28(23)15-21(26-22)17-5-2-1-3-6-17/h1-12,15,20H,13H2/p+1. The van der Waals surface area contributed by atoms with Crippen LogP contribution in [0.1, 0.15) is 16.1 Å². The van der Waals surface area contributed by atoms with E-state index in [-0.39, 0.29) is 5.91 Å². The SMILES string of the molecule is N#Cc1ccc(-c2nc(-c3ccccc3)c[n+]3c2NC(Cc2ccco2)C3=O)cc1. The van der Waals surface area contributed by atoms with Crippen molar-refractivity contribution in [2.45, 2.75) is 12.5 Å². The number of nitrogens with one attached hydrogen (secondary N) is 1. The molecule has 1 aliphatic rings. The highest BCUT2D eigenvalue weighted by Gasteiger charge is 2.41. The minimum Gasteiger partial charge on any atom is -0.469 e. The number of benzene rings is 2. The second-order valence-electron chi connectivity index (χ2n) is 7.07. The fraction of sp³-hybridized carbons (Fsp3) is 0.0833. The lowest BCUT2D eigenvalue weighted by molar-refractivity contribution is -0.551. The molecule has 0 fully saturated rings. The molecule has 5 rings (SSSR count). The highest BCUT2D eigenvalue weighted by Crippen LogP contribution is 2.30. The zero-order chi connectivity index (χ0) is 20.5. The van der Waals surface area contributed by atoms with Gasteiger partial charge >= 0.3 is 11.7 Å². The Morgan fingerprint density at radius 3 is 2.53 bits per heavy atom. The Hall–Kier alpha value is -4.24. The molecule has 0 amide bonds. The summed E-state index contributed by atoms with van der Waals surface area (Å²) in [5, 5.41) is 12.4. The second kappa shape index (κ2) is 7.30. The molecule has 2 aromatic heterocycles. The van der Waals surface area contributed by atoms with Gasteiger partial charge in [0.2, 0.25) is 6.04 Å². The van der Waals surface area contributed by atoms with E-state index in [1.807, 2.05) is 54.6 Å². The van der Waals surface area contributed by atoms with Gasteiger partial charge in [0.1, 0.15) is 17.7 Å². The number of carbonyl (C=O) groups excluding carboxylic acids is 1. The highest BCUT2D eigenvalue weighted by atomic mass is 16.3. The van der Waals surface area contributed by atoms with Crippen molar-refractivity contribution in [1.82, 2.24) is 4.98 Å². The van der Waals surface area contributed by atoms with Gasteiger partial charge in [0, 0.05) is 11.1 Å². The lowest BCUT2D eigenvalue weighted by Crippen LogP contribution is -2.43. The summed E-state index contributed by atoms with van der Waals surface area (Å²) in [7, 11) is 0. The Labute approximate surface area is 173 Å². The third-order valence-electron chi connectivity index (χ3n) is 5.14. The molecule has 0 saturated carbocycles. The van der Waals surface area contributed by atoms with Gasteiger partial charge in [-0.15, -0.1) is 0 Å². The molecular weight excluding hydrogens is 376 g/mol. The van der Waals surface area contributed by atoms with Gasteiger partial charge < -0.3 is 4.42 Å².